The first kappa shape index (κ1) is 15.2. The number of benzene rings is 1. The van der Waals surface area contributed by atoms with Gasteiger partial charge in [0.25, 0.3) is 0 Å². The van der Waals surface area contributed by atoms with E-state index in [1.54, 1.807) is 24.4 Å². The van der Waals surface area contributed by atoms with Crippen LogP contribution < -0.4 is 0 Å². The lowest BCUT2D eigenvalue weighted by Crippen LogP contribution is -2.64. The number of carbonyl (C=O) groups is 1. The number of aromatic amines is 1. The molecule has 0 radical (unpaired) electrons. The van der Waals surface area contributed by atoms with Gasteiger partial charge in [0.1, 0.15) is 11.9 Å². The summed E-state index contributed by atoms with van der Waals surface area (Å²) in [4.78, 5) is 18.1. The zero-order valence-corrected chi connectivity index (χ0v) is 13.9. The second kappa shape index (κ2) is 5.47. The Morgan fingerprint density at radius 1 is 1.20 bits per heavy atom. The lowest BCUT2D eigenvalue weighted by atomic mass is 9.71. The Morgan fingerprint density at radius 2 is 1.96 bits per heavy atom. The van der Waals surface area contributed by atoms with Crippen LogP contribution in [-0.4, -0.2) is 56.9 Å². The highest BCUT2D eigenvalue weighted by Gasteiger charge is 2.49. The van der Waals surface area contributed by atoms with E-state index in [1.165, 1.54) is 0 Å². The van der Waals surface area contributed by atoms with Gasteiger partial charge in [-0.05, 0) is 30.9 Å². The van der Waals surface area contributed by atoms with Crippen molar-refractivity contribution in [1.82, 2.24) is 9.88 Å². The molecule has 4 saturated heterocycles. The number of phenolic OH excluding ortho intramolecular Hbond substituents is 1. The van der Waals surface area contributed by atoms with Crippen LogP contribution in [-0.2, 0) is 4.74 Å². The smallest absolute Gasteiger partial charge is 0.340 e. The molecule has 6 nitrogen and oxygen atoms in total. The van der Waals surface area contributed by atoms with Crippen molar-refractivity contribution in [2.45, 2.75) is 50.0 Å². The fraction of sp³-hybridized carbons (Fsp3) is 0.526. The topological polar surface area (TPSA) is 85.8 Å². The highest BCUT2D eigenvalue weighted by atomic mass is 16.5. The number of esters is 1. The monoisotopic (exact) mass is 342 g/mol. The molecule has 2 aromatic rings. The van der Waals surface area contributed by atoms with Crippen molar-refractivity contribution in [2.75, 3.05) is 6.54 Å². The summed E-state index contributed by atoms with van der Waals surface area (Å²) in [5, 5.41) is 20.4. The molecular formula is C19H22N2O4. The lowest BCUT2D eigenvalue weighted by molar-refractivity contribution is -0.130. The largest absolute Gasteiger partial charge is 0.508 e. The Bertz CT molecular complexity index is 816. The SMILES string of the molecule is O=C(OC1C[C@@H]2CC3C[C@H](C1)N2C[C@@H]3O)c1c[nH]c2cc(O)ccc12. The van der Waals surface area contributed by atoms with Gasteiger partial charge in [0.05, 0.1) is 11.7 Å². The summed E-state index contributed by atoms with van der Waals surface area (Å²) < 4.78 is 5.83. The summed E-state index contributed by atoms with van der Waals surface area (Å²) in [5.74, 6) is 0.278. The molecule has 4 aliphatic rings. The number of piperidine rings is 4. The maximum atomic E-state index is 12.6. The molecule has 3 N–H and O–H groups in total. The van der Waals surface area contributed by atoms with Crippen LogP contribution in [0.25, 0.3) is 10.9 Å². The van der Waals surface area contributed by atoms with Crippen molar-refractivity contribution < 1.29 is 19.7 Å². The quantitative estimate of drug-likeness (QED) is 0.727. The predicted octanol–water partition coefficient (Wildman–Crippen LogP) is 2.02. The van der Waals surface area contributed by atoms with Gasteiger partial charge in [-0.2, -0.15) is 0 Å². The summed E-state index contributed by atoms with van der Waals surface area (Å²) in [6.45, 7) is 0.770. The van der Waals surface area contributed by atoms with Crippen molar-refractivity contribution in [3.63, 3.8) is 0 Å². The molecule has 132 valence electrons. The second-order valence-corrected chi connectivity index (χ2v) is 7.73. The normalized spacial score (nSPS) is 36.5. The molecule has 3 unspecified atom stereocenters. The Kier molecular flexibility index (Phi) is 3.33. The highest BCUT2D eigenvalue weighted by molar-refractivity contribution is 6.04. The average Bonchev–Trinajstić information content (AvgIpc) is 2.98. The van der Waals surface area contributed by atoms with Gasteiger partial charge >= 0.3 is 5.97 Å². The van der Waals surface area contributed by atoms with E-state index in [0.717, 1.165) is 43.1 Å². The standard InChI is InChI=1S/C19H22N2O4/c22-13-1-2-15-16(8-20-17(15)7-13)19(24)25-14-5-11-3-10-4-12(6-14)21(11)9-18(10)23/h1-2,7-8,10-12,14,18,20,22-23H,3-6,9H2/t10?,11-,12+,14?,18-/m0/s1. The van der Waals surface area contributed by atoms with Crippen LogP contribution in [0.2, 0.25) is 0 Å². The number of phenols is 1. The summed E-state index contributed by atoms with van der Waals surface area (Å²) in [5.41, 5.74) is 1.24. The van der Waals surface area contributed by atoms with Gasteiger partial charge < -0.3 is 19.9 Å². The fourth-order valence-electron chi connectivity index (χ4n) is 5.10. The van der Waals surface area contributed by atoms with Crippen molar-refractivity contribution in [3.05, 3.63) is 30.0 Å². The van der Waals surface area contributed by atoms with Gasteiger partial charge in [-0.1, -0.05) is 0 Å². The number of aromatic nitrogens is 1. The number of hydrogen-bond acceptors (Lipinski definition) is 5. The Hall–Kier alpha value is -2.05. The summed E-state index contributed by atoms with van der Waals surface area (Å²) in [6.07, 6.45) is 5.14. The molecule has 1 aromatic heterocycles. The Morgan fingerprint density at radius 3 is 2.68 bits per heavy atom. The first-order valence-corrected chi connectivity index (χ1v) is 9.03. The van der Waals surface area contributed by atoms with E-state index in [4.69, 9.17) is 4.74 Å². The minimum atomic E-state index is -0.304. The fourth-order valence-corrected chi connectivity index (χ4v) is 5.10. The number of H-pyrrole nitrogens is 1. The van der Waals surface area contributed by atoms with E-state index in [-0.39, 0.29) is 23.9 Å². The number of carbonyl (C=O) groups excluding carboxylic acids is 1. The van der Waals surface area contributed by atoms with Gasteiger partial charge in [0, 0.05) is 54.6 Å². The van der Waals surface area contributed by atoms with Gasteiger partial charge in [0.2, 0.25) is 0 Å². The first-order chi connectivity index (χ1) is 12.1. The molecule has 4 aliphatic heterocycles. The predicted molar refractivity (Wildman–Crippen MR) is 91.4 cm³/mol. The molecule has 6 atom stereocenters. The van der Waals surface area contributed by atoms with Crippen LogP contribution in [0, 0.1) is 5.92 Å². The zero-order chi connectivity index (χ0) is 17.1. The number of nitrogens with one attached hydrogen (secondary N) is 1. The minimum absolute atomic E-state index is 0.0583. The van der Waals surface area contributed by atoms with E-state index >= 15 is 0 Å². The Labute approximate surface area is 145 Å². The van der Waals surface area contributed by atoms with Crippen molar-refractivity contribution in [3.8, 4) is 5.75 Å². The zero-order valence-electron chi connectivity index (χ0n) is 13.9. The van der Waals surface area contributed by atoms with Gasteiger partial charge in [0.15, 0.2) is 0 Å². The summed E-state index contributed by atoms with van der Waals surface area (Å²) in [7, 11) is 0. The number of aliphatic hydroxyl groups is 1. The molecule has 5 heterocycles. The lowest BCUT2D eigenvalue weighted by Gasteiger charge is -2.56. The molecule has 6 rings (SSSR count). The van der Waals surface area contributed by atoms with Crippen LogP contribution in [0.4, 0.5) is 0 Å². The molecule has 4 fully saturated rings. The number of aromatic hydroxyl groups is 1. The molecule has 25 heavy (non-hydrogen) atoms. The second-order valence-electron chi connectivity index (χ2n) is 7.73. The molecule has 0 amide bonds. The summed E-state index contributed by atoms with van der Waals surface area (Å²) >= 11 is 0. The number of ether oxygens (including phenoxy) is 1. The average molecular weight is 342 g/mol. The van der Waals surface area contributed by atoms with E-state index in [0.29, 0.717) is 23.6 Å². The number of fused-ring (bicyclic) bond motifs is 2. The van der Waals surface area contributed by atoms with Crippen LogP contribution >= 0.6 is 0 Å². The molecule has 0 saturated carbocycles. The first-order valence-electron chi connectivity index (χ1n) is 9.03. The Balaban J connectivity index is 1.32. The summed E-state index contributed by atoms with van der Waals surface area (Å²) in [6, 6.07) is 5.77. The van der Waals surface area contributed by atoms with E-state index in [1.807, 2.05) is 0 Å². The van der Waals surface area contributed by atoms with Crippen LogP contribution in [0.1, 0.15) is 36.0 Å². The molecule has 0 aliphatic carbocycles. The maximum Gasteiger partial charge on any atom is 0.340 e. The molecule has 0 spiro atoms. The number of rotatable bonds is 2. The maximum absolute atomic E-state index is 12.6. The van der Waals surface area contributed by atoms with Gasteiger partial charge in [-0.15, -0.1) is 0 Å². The molecule has 4 bridgehead atoms. The third-order valence-corrected chi connectivity index (χ3v) is 6.26. The van der Waals surface area contributed by atoms with Crippen molar-refractivity contribution >= 4 is 16.9 Å². The van der Waals surface area contributed by atoms with E-state index in [2.05, 4.69) is 9.88 Å². The van der Waals surface area contributed by atoms with Crippen LogP contribution in [0.3, 0.4) is 0 Å². The third-order valence-electron chi connectivity index (χ3n) is 6.26. The van der Waals surface area contributed by atoms with E-state index in [9.17, 15) is 15.0 Å². The van der Waals surface area contributed by atoms with E-state index < -0.39 is 0 Å². The minimum Gasteiger partial charge on any atom is -0.508 e. The van der Waals surface area contributed by atoms with Crippen LogP contribution in [0.5, 0.6) is 5.75 Å². The van der Waals surface area contributed by atoms with Gasteiger partial charge in [-0.25, -0.2) is 4.79 Å². The number of aliphatic hydroxyl groups excluding tert-OH is 1. The molecule has 1 aromatic carbocycles. The van der Waals surface area contributed by atoms with Crippen molar-refractivity contribution in [2.24, 2.45) is 5.92 Å². The molecular weight excluding hydrogens is 320 g/mol. The van der Waals surface area contributed by atoms with Crippen molar-refractivity contribution in [1.29, 1.82) is 0 Å². The number of hydrogen-bond donors (Lipinski definition) is 3. The van der Waals surface area contributed by atoms with Gasteiger partial charge in [-0.3, -0.25) is 4.90 Å². The third kappa shape index (κ3) is 2.43. The van der Waals surface area contributed by atoms with Crippen LogP contribution in [0.15, 0.2) is 24.4 Å². The molecule has 6 heteroatoms. The highest BCUT2D eigenvalue weighted by Crippen LogP contribution is 2.43. The number of nitrogens with zero attached hydrogens (tertiary/aromatic N) is 1.